The van der Waals surface area contributed by atoms with Crippen LogP contribution in [0, 0.1) is 25.7 Å². The van der Waals surface area contributed by atoms with Crippen molar-refractivity contribution >= 4 is 5.91 Å². The molecule has 2 atom stereocenters. The van der Waals surface area contributed by atoms with Gasteiger partial charge in [-0.1, -0.05) is 18.0 Å². The number of hydrogen-bond donors (Lipinski definition) is 0. The molecule has 4 fully saturated rings. The number of hydrogen-bond acceptors (Lipinski definition) is 4. The first-order valence-electron chi connectivity index (χ1n) is 10.0. The Morgan fingerprint density at radius 2 is 1.92 bits per heavy atom. The third kappa shape index (κ3) is 3.62. The van der Waals surface area contributed by atoms with Gasteiger partial charge in [0, 0.05) is 44.2 Å². The Labute approximate surface area is 150 Å². The average Bonchev–Trinajstić information content (AvgIpc) is 3.10. The third-order valence-electron chi connectivity index (χ3n) is 6.61. The van der Waals surface area contributed by atoms with E-state index in [1.807, 2.05) is 13.8 Å². The summed E-state index contributed by atoms with van der Waals surface area (Å²) >= 11 is 0. The van der Waals surface area contributed by atoms with Crippen LogP contribution < -0.4 is 0 Å². The van der Waals surface area contributed by atoms with Crippen molar-refractivity contribution in [2.75, 3.05) is 19.6 Å². The Bertz CT molecular complexity index is 601. The molecule has 4 aliphatic rings. The fraction of sp³-hybridized carbons (Fsp3) is 0.800. The lowest BCUT2D eigenvalue weighted by atomic mass is 9.93. The molecule has 25 heavy (non-hydrogen) atoms. The van der Waals surface area contributed by atoms with Crippen molar-refractivity contribution in [3.05, 3.63) is 17.0 Å². The first-order chi connectivity index (χ1) is 12.1. The van der Waals surface area contributed by atoms with E-state index >= 15 is 0 Å². The molecule has 0 aromatic carbocycles. The number of rotatable bonds is 4. The highest BCUT2D eigenvalue weighted by Crippen LogP contribution is 2.33. The molecule has 0 spiro atoms. The van der Waals surface area contributed by atoms with E-state index in [0.717, 1.165) is 44.1 Å². The molecule has 0 N–H and O–H groups in total. The highest BCUT2D eigenvalue weighted by atomic mass is 16.5. The Balaban J connectivity index is 1.42. The van der Waals surface area contributed by atoms with E-state index in [1.165, 1.54) is 44.1 Å². The summed E-state index contributed by atoms with van der Waals surface area (Å²) in [5.74, 6) is 2.61. The second-order valence-corrected chi connectivity index (χ2v) is 8.49. The lowest BCUT2D eigenvalue weighted by molar-refractivity contribution is -0.136. The van der Waals surface area contributed by atoms with E-state index < -0.39 is 0 Å². The number of nitrogens with zero attached hydrogens (tertiary/aromatic N) is 3. The smallest absolute Gasteiger partial charge is 0.223 e. The van der Waals surface area contributed by atoms with Crippen LogP contribution in [0.5, 0.6) is 0 Å². The number of amides is 1. The van der Waals surface area contributed by atoms with E-state index in [0.29, 0.717) is 23.8 Å². The first-order valence-corrected chi connectivity index (χ1v) is 10.0. The third-order valence-corrected chi connectivity index (χ3v) is 6.61. The van der Waals surface area contributed by atoms with Gasteiger partial charge >= 0.3 is 0 Å². The number of carbonyl (C=O) groups excluding carboxylic acids is 1. The Morgan fingerprint density at radius 1 is 1.12 bits per heavy atom. The number of aromatic nitrogens is 1. The molecular weight excluding hydrogens is 314 g/mol. The van der Waals surface area contributed by atoms with Crippen LogP contribution in [0.3, 0.4) is 0 Å². The lowest BCUT2D eigenvalue weighted by Crippen LogP contribution is -2.47. The molecule has 3 aliphatic heterocycles. The standard InChI is InChI=1S/C20H31N3O2/c1-14-19(15(2)25-21-14)13-22-10-17-7-8-18(12-22)23(11-17)20(24)9-16-5-3-4-6-16/h16-18H,3-13H2,1-2H3/t17-,18+/m0/s1. The quantitative estimate of drug-likeness (QED) is 0.840. The van der Waals surface area contributed by atoms with E-state index in [9.17, 15) is 4.79 Å². The molecule has 1 aliphatic carbocycles. The summed E-state index contributed by atoms with van der Waals surface area (Å²) in [5.41, 5.74) is 2.23. The molecular formula is C20H31N3O2. The van der Waals surface area contributed by atoms with Crippen molar-refractivity contribution < 1.29 is 9.32 Å². The van der Waals surface area contributed by atoms with E-state index in [2.05, 4.69) is 15.0 Å². The molecule has 5 heteroatoms. The lowest BCUT2D eigenvalue weighted by Gasteiger charge is -2.37. The van der Waals surface area contributed by atoms with Crippen LogP contribution in [0.1, 0.15) is 62.0 Å². The minimum atomic E-state index is 0.396. The summed E-state index contributed by atoms with van der Waals surface area (Å²) < 4.78 is 5.33. The number of aryl methyl sites for hydroxylation is 2. The molecule has 1 amide bonds. The SMILES string of the molecule is Cc1noc(C)c1CN1C[C@@H]2CC[C@H](C1)N(C(=O)CC1CCCC1)C2. The molecule has 2 bridgehead atoms. The maximum absolute atomic E-state index is 12.9. The van der Waals surface area contributed by atoms with Crippen molar-refractivity contribution in [2.45, 2.75) is 71.4 Å². The molecule has 1 aromatic rings. The van der Waals surface area contributed by atoms with Gasteiger partial charge in [0.25, 0.3) is 0 Å². The van der Waals surface area contributed by atoms with Gasteiger partial charge in [-0.15, -0.1) is 0 Å². The van der Waals surface area contributed by atoms with Gasteiger partial charge in [0.2, 0.25) is 5.91 Å². The molecule has 5 rings (SSSR count). The van der Waals surface area contributed by atoms with Gasteiger partial charge in [0.15, 0.2) is 0 Å². The number of piperidine rings is 1. The minimum Gasteiger partial charge on any atom is -0.361 e. The first kappa shape index (κ1) is 17.1. The second-order valence-electron chi connectivity index (χ2n) is 8.49. The monoisotopic (exact) mass is 345 g/mol. The van der Waals surface area contributed by atoms with Crippen LogP contribution in [0.2, 0.25) is 0 Å². The average molecular weight is 345 g/mol. The van der Waals surface area contributed by atoms with Crippen LogP contribution in [0.4, 0.5) is 0 Å². The Morgan fingerprint density at radius 3 is 2.64 bits per heavy atom. The van der Waals surface area contributed by atoms with Gasteiger partial charge in [-0.2, -0.15) is 0 Å². The minimum absolute atomic E-state index is 0.396. The van der Waals surface area contributed by atoms with E-state index in [-0.39, 0.29) is 0 Å². The predicted molar refractivity (Wildman–Crippen MR) is 96.1 cm³/mol. The van der Waals surface area contributed by atoms with Crippen LogP contribution in [-0.2, 0) is 11.3 Å². The fourth-order valence-electron chi connectivity index (χ4n) is 5.14. The summed E-state index contributed by atoms with van der Waals surface area (Å²) in [4.78, 5) is 17.7. The van der Waals surface area contributed by atoms with E-state index in [1.54, 1.807) is 0 Å². The largest absolute Gasteiger partial charge is 0.361 e. The molecule has 0 unspecified atom stereocenters. The predicted octanol–water partition coefficient (Wildman–Crippen LogP) is 3.29. The molecule has 5 nitrogen and oxygen atoms in total. The summed E-state index contributed by atoms with van der Waals surface area (Å²) in [7, 11) is 0. The molecule has 1 aromatic heterocycles. The zero-order valence-electron chi connectivity index (χ0n) is 15.7. The van der Waals surface area contributed by atoms with Crippen molar-refractivity contribution in [1.29, 1.82) is 0 Å². The van der Waals surface area contributed by atoms with Crippen molar-refractivity contribution in [3.63, 3.8) is 0 Å². The van der Waals surface area contributed by atoms with Crippen molar-refractivity contribution in [2.24, 2.45) is 11.8 Å². The zero-order chi connectivity index (χ0) is 17.4. The molecule has 1 saturated carbocycles. The maximum Gasteiger partial charge on any atom is 0.223 e. The second kappa shape index (κ2) is 7.10. The van der Waals surface area contributed by atoms with Crippen molar-refractivity contribution in [1.82, 2.24) is 15.0 Å². The molecule has 0 radical (unpaired) electrons. The summed E-state index contributed by atoms with van der Waals surface area (Å²) in [6.45, 7) is 7.98. The number of carbonyl (C=O) groups is 1. The highest BCUT2D eigenvalue weighted by Gasteiger charge is 2.38. The molecule has 4 heterocycles. The van der Waals surface area contributed by atoms with Gasteiger partial charge in [0.1, 0.15) is 5.76 Å². The van der Waals surface area contributed by atoms with Crippen molar-refractivity contribution in [3.8, 4) is 0 Å². The molecule has 138 valence electrons. The molecule has 3 saturated heterocycles. The van der Waals surface area contributed by atoms with Gasteiger partial charge < -0.3 is 9.42 Å². The maximum atomic E-state index is 12.9. The fourth-order valence-corrected chi connectivity index (χ4v) is 5.14. The van der Waals surface area contributed by atoms with Gasteiger partial charge in [-0.05, 0) is 51.4 Å². The van der Waals surface area contributed by atoms with Crippen LogP contribution >= 0.6 is 0 Å². The normalized spacial score (nSPS) is 27.8. The summed E-state index contributed by atoms with van der Waals surface area (Å²) in [6.07, 6.45) is 8.35. The summed E-state index contributed by atoms with van der Waals surface area (Å²) in [6, 6.07) is 0.396. The van der Waals surface area contributed by atoms with E-state index in [4.69, 9.17) is 4.52 Å². The summed E-state index contributed by atoms with van der Waals surface area (Å²) in [5, 5.41) is 4.09. The zero-order valence-corrected chi connectivity index (χ0v) is 15.7. The van der Waals surface area contributed by atoms with Gasteiger partial charge in [-0.3, -0.25) is 9.69 Å². The van der Waals surface area contributed by atoms with Crippen LogP contribution in [0.15, 0.2) is 4.52 Å². The topological polar surface area (TPSA) is 49.6 Å². The van der Waals surface area contributed by atoms with Gasteiger partial charge in [-0.25, -0.2) is 0 Å². The van der Waals surface area contributed by atoms with Crippen LogP contribution in [-0.4, -0.2) is 46.5 Å². The Kier molecular flexibility index (Phi) is 4.85. The number of fused-ring (bicyclic) bond motifs is 4. The van der Waals surface area contributed by atoms with Crippen LogP contribution in [0.25, 0.3) is 0 Å². The van der Waals surface area contributed by atoms with Gasteiger partial charge in [0.05, 0.1) is 5.69 Å². The Hall–Kier alpha value is -1.36. The highest BCUT2D eigenvalue weighted by molar-refractivity contribution is 5.77.